The van der Waals surface area contributed by atoms with Gasteiger partial charge in [-0.15, -0.1) is 0 Å². The Morgan fingerprint density at radius 2 is 1.52 bits per heavy atom. The Kier molecular flexibility index (Phi) is 5.68. The molecule has 5 nitrogen and oxygen atoms in total. The summed E-state index contributed by atoms with van der Waals surface area (Å²) in [5.41, 5.74) is 11.9. The summed E-state index contributed by atoms with van der Waals surface area (Å²) in [7, 11) is 0. The Labute approximate surface area is 193 Å². The molecule has 0 saturated heterocycles. The van der Waals surface area contributed by atoms with Gasteiger partial charge in [0.05, 0.1) is 23.6 Å². The van der Waals surface area contributed by atoms with E-state index >= 15 is 0 Å². The second kappa shape index (κ2) is 9.09. The Morgan fingerprint density at radius 1 is 0.788 bits per heavy atom. The maximum Gasteiger partial charge on any atom is 0.252 e. The van der Waals surface area contributed by atoms with Crippen molar-refractivity contribution in [1.82, 2.24) is 4.98 Å². The number of hydrogen-bond donors (Lipinski definition) is 1. The zero-order valence-electron chi connectivity index (χ0n) is 18.1. The van der Waals surface area contributed by atoms with E-state index in [1.165, 1.54) is 0 Å². The van der Waals surface area contributed by atoms with Crippen molar-refractivity contribution in [3.63, 3.8) is 0 Å². The van der Waals surface area contributed by atoms with Crippen molar-refractivity contribution in [3.05, 3.63) is 126 Å². The number of hydrogen-bond acceptors (Lipinski definition) is 4. The SMILES string of the molecule is Nc1ccc(CN2C(=O)[C@H](Cc3ccccc3)N=C(c3ccccn3)c3ccccc32)cc1. The third-order valence-electron chi connectivity index (χ3n) is 5.79. The predicted octanol–water partition coefficient (Wildman–Crippen LogP) is 4.66. The Morgan fingerprint density at radius 3 is 2.27 bits per heavy atom. The number of carbonyl (C=O) groups is 1. The summed E-state index contributed by atoms with van der Waals surface area (Å²) in [5.74, 6) is -0.0333. The van der Waals surface area contributed by atoms with Crippen LogP contribution in [0.4, 0.5) is 11.4 Å². The minimum atomic E-state index is -0.564. The van der Waals surface area contributed by atoms with Crippen molar-refractivity contribution in [3.8, 4) is 0 Å². The lowest BCUT2D eigenvalue weighted by Gasteiger charge is -2.25. The topological polar surface area (TPSA) is 71.6 Å². The molecular formula is C28H24N4O. The largest absolute Gasteiger partial charge is 0.399 e. The molecule has 0 fully saturated rings. The quantitative estimate of drug-likeness (QED) is 0.466. The molecule has 3 aromatic carbocycles. The molecule has 0 bridgehead atoms. The number of rotatable bonds is 5. The number of benzodiazepines with no additional fused rings is 1. The van der Waals surface area contributed by atoms with Crippen molar-refractivity contribution in [2.75, 3.05) is 10.6 Å². The second-order valence-corrected chi connectivity index (χ2v) is 8.08. The minimum absolute atomic E-state index is 0.0333. The highest BCUT2D eigenvalue weighted by Gasteiger charge is 2.32. The van der Waals surface area contributed by atoms with E-state index in [1.807, 2.05) is 102 Å². The number of carbonyl (C=O) groups excluding carboxylic acids is 1. The molecule has 2 heterocycles. The number of aliphatic imine (C=N–C) groups is 1. The molecule has 1 aliphatic rings. The predicted molar refractivity (Wildman–Crippen MR) is 132 cm³/mol. The number of anilines is 2. The molecule has 1 aliphatic heterocycles. The van der Waals surface area contributed by atoms with Crippen molar-refractivity contribution in [2.45, 2.75) is 19.0 Å². The van der Waals surface area contributed by atoms with Crippen LogP contribution in [0.5, 0.6) is 0 Å². The molecule has 0 saturated carbocycles. The highest BCUT2D eigenvalue weighted by atomic mass is 16.2. The average Bonchev–Trinajstić information content (AvgIpc) is 2.97. The normalized spacial score (nSPS) is 15.5. The van der Waals surface area contributed by atoms with Gasteiger partial charge in [-0.2, -0.15) is 0 Å². The summed E-state index contributed by atoms with van der Waals surface area (Å²) >= 11 is 0. The van der Waals surface area contributed by atoms with Gasteiger partial charge in [-0.25, -0.2) is 0 Å². The van der Waals surface area contributed by atoms with Crippen LogP contribution in [0.2, 0.25) is 0 Å². The van der Waals surface area contributed by atoms with Gasteiger partial charge in [-0.05, 0) is 41.5 Å². The van der Waals surface area contributed by atoms with Crippen LogP contribution in [0.25, 0.3) is 0 Å². The van der Waals surface area contributed by atoms with Crippen molar-refractivity contribution >= 4 is 23.0 Å². The Hall–Kier alpha value is -4.25. The highest BCUT2D eigenvalue weighted by molar-refractivity contribution is 6.19. The fourth-order valence-electron chi connectivity index (χ4n) is 4.13. The molecule has 0 radical (unpaired) electrons. The maximum absolute atomic E-state index is 13.9. The van der Waals surface area contributed by atoms with E-state index in [1.54, 1.807) is 6.20 Å². The number of aromatic nitrogens is 1. The summed E-state index contributed by atoms with van der Waals surface area (Å²) in [6, 6.07) is 30.8. The summed E-state index contributed by atoms with van der Waals surface area (Å²) in [4.78, 5) is 25.3. The first-order chi connectivity index (χ1) is 16.2. The first-order valence-corrected chi connectivity index (χ1v) is 11.0. The Bertz CT molecular complexity index is 1280. The number of amides is 1. The van der Waals surface area contributed by atoms with Gasteiger partial charge in [0.25, 0.3) is 5.91 Å². The molecule has 5 rings (SSSR count). The van der Waals surface area contributed by atoms with Crippen LogP contribution in [0.1, 0.15) is 22.4 Å². The van der Waals surface area contributed by atoms with Gasteiger partial charge in [0.15, 0.2) is 0 Å². The number of pyridine rings is 1. The number of para-hydroxylation sites is 1. The number of nitrogen functional groups attached to an aromatic ring is 1. The van der Waals surface area contributed by atoms with Gasteiger partial charge in [0.1, 0.15) is 6.04 Å². The first kappa shape index (κ1) is 20.6. The van der Waals surface area contributed by atoms with Gasteiger partial charge in [0, 0.05) is 23.9 Å². The van der Waals surface area contributed by atoms with Crippen LogP contribution in [-0.4, -0.2) is 22.6 Å². The van der Waals surface area contributed by atoms with E-state index in [0.717, 1.165) is 33.8 Å². The molecule has 0 spiro atoms. The fraction of sp³-hybridized carbons (Fsp3) is 0.107. The molecule has 0 aliphatic carbocycles. The summed E-state index contributed by atoms with van der Waals surface area (Å²) in [6.45, 7) is 0.437. The van der Waals surface area contributed by atoms with E-state index in [0.29, 0.717) is 18.7 Å². The third kappa shape index (κ3) is 4.39. The molecule has 1 amide bonds. The van der Waals surface area contributed by atoms with Crippen LogP contribution < -0.4 is 10.6 Å². The molecule has 1 aromatic heterocycles. The van der Waals surface area contributed by atoms with Crippen LogP contribution >= 0.6 is 0 Å². The second-order valence-electron chi connectivity index (χ2n) is 8.08. The van der Waals surface area contributed by atoms with Gasteiger partial charge in [-0.3, -0.25) is 14.8 Å². The average molecular weight is 433 g/mol. The lowest BCUT2D eigenvalue weighted by Crippen LogP contribution is -2.38. The molecule has 0 unspecified atom stereocenters. The van der Waals surface area contributed by atoms with Crippen molar-refractivity contribution in [2.24, 2.45) is 4.99 Å². The smallest absolute Gasteiger partial charge is 0.252 e. The lowest BCUT2D eigenvalue weighted by atomic mass is 10.0. The van der Waals surface area contributed by atoms with Gasteiger partial charge in [-0.1, -0.05) is 66.7 Å². The van der Waals surface area contributed by atoms with Crippen LogP contribution in [0, 0.1) is 0 Å². The summed E-state index contributed by atoms with van der Waals surface area (Å²) in [6.07, 6.45) is 2.27. The zero-order chi connectivity index (χ0) is 22.6. The van der Waals surface area contributed by atoms with Gasteiger partial charge in [0.2, 0.25) is 0 Å². The monoisotopic (exact) mass is 432 g/mol. The van der Waals surface area contributed by atoms with E-state index in [2.05, 4.69) is 4.98 Å². The number of fused-ring (bicyclic) bond motifs is 1. The van der Waals surface area contributed by atoms with E-state index < -0.39 is 6.04 Å². The van der Waals surface area contributed by atoms with Gasteiger partial charge < -0.3 is 10.6 Å². The Balaban J connectivity index is 1.63. The van der Waals surface area contributed by atoms with Crippen LogP contribution in [0.15, 0.2) is 108 Å². The minimum Gasteiger partial charge on any atom is -0.399 e. The van der Waals surface area contributed by atoms with Crippen LogP contribution in [-0.2, 0) is 17.8 Å². The maximum atomic E-state index is 13.9. The van der Waals surface area contributed by atoms with Gasteiger partial charge >= 0.3 is 0 Å². The molecule has 1 atom stereocenters. The molecular weight excluding hydrogens is 408 g/mol. The van der Waals surface area contributed by atoms with E-state index in [9.17, 15) is 4.79 Å². The van der Waals surface area contributed by atoms with E-state index in [4.69, 9.17) is 10.7 Å². The van der Waals surface area contributed by atoms with Crippen molar-refractivity contribution < 1.29 is 4.79 Å². The molecule has 33 heavy (non-hydrogen) atoms. The van der Waals surface area contributed by atoms with Crippen LogP contribution in [0.3, 0.4) is 0 Å². The van der Waals surface area contributed by atoms with E-state index in [-0.39, 0.29) is 5.91 Å². The molecule has 2 N–H and O–H groups in total. The molecule has 162 valence electrons. The standard InChI is InChI=1S/C28H24N4O/c29-22-15-13-21(14-16-22)19-32-26-12-5-4-10-23(26)27(24-11-6-7-17-30-24)31-25(28(32)33)18-20-8-2-1-3-9-20/h1-17,25H,18-19,29H2/t25-/m0/s1. The summed E-state index contributed by atoms with van der Waals surface area (Å²) < 4.78 is 0. The molecule has 5 heteroatoms. The fourth-order valence-corrected chi connectivity index (χ4v) is 4.13. The first-order valence-electron chi connectivity index (χ1n) is 11.0. The van der Waals surface area contributed by atoms with Crippen molar-refractivity contribution in [1.29, 1.82) is 0 Å². The lowest BCUT2D eigenvalue weighted by molar-refractivity contribution is -0.119. The number of nitrogens with two attached hydrogens (primary N) is 1. The molecule has 4 aromatic rings. The third-order valence-corrected chi connectivity index (χ3v) is 5.79. The number of nitrogens with zero attached hydrogens (tertiary/aromatic N) is 3. The highest BCUT2D eigenvalue weighted by Crippen LogP contribution is 2.30. The number of benzene rings is 3. The zero-order valence-corrected chi connectivity index (χ0v) is 18.1. The summed E-state index contributed by atoms with van der Waals surface area (Å²) in [5, 5.41) is 0.